The van der Waals surface area contributed by atoms with E-state index >= 15 is 0 Å². The van der Waals surface area contributed by atoms with Gasteiger partial charge in [-0.2, -0.15) is 0 Å². The van der Waals surface area contributed by atoms with Gasteiger partial charge in [-0.1, -0.05) is 6.92 Å². The molecule has 1 N–H and O–H groups in total. The molecule has 2 rings (SSSR count). The van der Waals surface area contributed by atoms with Crippen LogP contribution in [0.5, 0.6) is 0 Å². The Hall–Kier alpha value is -1.09. The van der Waals surface area contributed by atoms with E-state index in [1.807, 2.05) is 0 Å². The third kappa shape index (κ3) is 1.60. The van der Waals surface area contributed by atoms with Crippen molar-refractivity contribution in [2.75, 3.05) is 11.9 Å². The molecule has 0 aliphatic rings. The first-order chi connectivity index (χ1) is 6.85. The highest BCUT2D eigenvalue weighted by Crippen LogP contribution is 2.24. The van der Waals surface area contributed by atoms with E-state index in [0.29, 0.717) is 0 Å². The van der Waals surface area contributed by atoms with Crippen LogP contribution in [0.25, 0.3) is 10.2 Å². The van der Waals surface area contributed by atoms with Crippen molar-refractivity contribution >= 4 is 27.4 Å². The van der Waals surface area contributed by atoms with Crippen LogP contribution in [0.2, 0.25) is 0 Å². The zero-order chi connectivity index (χ0) is 9.97. The Bertz CT molecular complexity index is 434. The van der Waals surface area contributed by atoms with Gasteiger partial charge in [0.2, 0.25) is 0 Å². The zero-order valence-electron chi connectivity index (χ0n) is 8.50. The number of aromatic nitrogens is 1. The summed E-state index contributed by atoms with van der Waals surface area (Å²) in [5.41, 5.74) is 2.41. The van der Waals surface area contributed by atoms with Gasteiger partial charge >= 0.3 is 0 Å². The number of rotatable bonds is 3. The molecule has 0 aromatic carbocycles. The predicted octanol–water partition coefficient (Wildman–Crippen LogP) is 3.29. The van der Waals surface area contributed by atoms with Gasteiger partial charge in [-0.15, -0.1) is 11.3 Å². The summed E-state index contributed by atoms with van der Waals surface area (Å²) in [6.07, 6.45) is 1.03. The van der Waals surface area contributed by atoms with Gasteiger partial charge in [-0.05, 0) is 36.4 Å². The standard InChI is InChI=1S/C11H14N2S/c1-3-8-7-10-9(5-6-14-10)13-11(8)12-4-2/h5-7H,3-4H2,1-2H3,(H,12,13). The number of hydrogen-bond acceptors (Lipinski definition) is 3. The monoisotopic (exact) mass is 206 g/mol. The molecule has 0 fully saturated rings. The van der Waals surface area contributed by atoms with Crippen molar-refractivity contribution in [2.24, 2.45) is 0 Å². The van der Waals surface area contributed by atoms with Gasteiger partial charge in [0, 0.05) is 6.54 Å². The largest absolute Gasteiger partial charge is 0.370 e. The fourth-order valence-corrected chi connectivity index (χ4v) is 2.31. The molecule has 0 saturated heterocycles. The number of pyridine rings is 1. The van der Waals surface area contributed by atoms with Crippen molar-refractivity contribution in [1.29, 1.82) is 0 Å². The van der Waals surface area contributed by atoms with Gasteiger partial charge in [0.15, 0.2) is 0 Å². The Morgan fingerprint density at radius 1 is 1.43 bits per heavy atom. The molecule has 0 radical (unpaired) electrons. The molecular weight excluding hydrogens is 192 g/mol. The Balaban J connectivity index is 2.54. The predicted molar refractivity (Wildman–Crippen MR) is 63.2 cm³/mol. The fourth-order valence-electron chi connectivity index (χ4n) is 1.52. The van der Waals surface area contributed by atoms with Crippen molar-refractivity contribution < 1.29 is 0 Å². The van der Waals surface area contributed by atoms with E-state index in [2.05, 4.69) is 41.7 Å². The highest BCUT2D eigenvalue weighted by Gasteiger charge is 2.04. The summed E-state index contributed by atoms with van der Waals surface area (Å²) >= 11 is 1.75. The highest BCUT2D eigenvalue weighted by molar-refractivity contribution is 7.17. The fraction of sp³-hybridized carbons (Fsp3) is 0.364. The minimum atomic E-state index is 0.926. The van der Waals surface area contributed by atoms with E-state index in [4.69, 9.17) is 0 Å². The van der Waals surface area contributed by atoms with Crippen LogP contribution in [0.3, 0.4) is 0 Å². The van der Waals surface area contributed by atoms with Gasteiger partial charge < -0.3 is 5.32 Å². The van der Waals surface area contributed by atoms with Crippen molar-refractivity contribution in [3.8, 4) is 0 Å². The van der Waals surface area contributed by atoms with Crippen LogP contribution in [0, 0.1) is 0 Å². The molecule has 0 aliphatic carbocycles. The van der Waals surface area contributed by atoms with Crippen LogP contribution in [0.1, 0.15) is 19.4 Å². The lowest BCUT2D eigenvalue weighted by Gasteiger charge is -2.07. The molecule has 0 spiro atoms. The van der Waals surface area contributed by atoms with Crippen molar-refractivity contribution in [2.45, 2.75) is 20.3 Å². The Morgan fingerprint density at radius 2 is 2.29 bits per heavy atom. The molecule has 0 saturated carbocycles. The molecule has 0 amide bonds. The maximum Gasteiger partial charge on any atom is 0.129 e. The maximum atomic E-state index is 4.60. The molecule has 2 aromatic rings. The molecule has 14 heavy (non-hydrogen) atoms. The second kappa shape index (κ2) is 3.96. The molecule has 2 heterocycles. The number of fused-ring (bicyclic) bond motifs is 1. The minimum absolute atomic E-state index is 0.926. The van der Waals surface area contributed by atoms with Gasteiger partial charge in [0.25, 0.3) is 0 Å². The summed E-state index contributed by atoms with van der Waals surface area (Å²) in [7, 11) is 0. The first kappa shape index (κ1) is 9.46. The second-order valence-corrected chi connectivity index (χ2v) is 4.13. The summed E-state index contributed by atoms with van der Waals surface area (Å²) in [5.74, 6) is 1.04. The van der Waals surface area contributed by atoms with Crippen LogP contribution in [-0.4, -0.2) is 11.5 Å². The van der Waals surface area contributed by atoms with E-state index in [0.717, 1.165) is 24.3 Å². The first-order valence-electron chi connectivity index (χ1n) is 4.96. The van der Waals surface area contributed by atoms with E-state index in [1.165, 1.54) is 10.3 Å². The van der Waals surface area contributed by atoms with E-state index in [-0.39, 0.29) is 0 Å². The number of hydrogen-bond donors (Lipinski definition) is 1. The smallest absolute Gasteiger partial charge is 0.129 e. The maximum absolute atomic E-state index is 4.60. The summed E-state index contributed by atoms with van der Waals surface area (Å²) in [4.78, 5) is 4.60. The number of nitrogens with zero attached hydrogens (tertiary/aromatic N) is 1. The topological polar surface area (TPSA) is 24.9 Å². The number of aryl methyl sites for hydroxylation is 1. The van der Waals surface area contributed by atoms with E-state index in [1.54, 1.807) is 11.3 Å². The lowest BCUT2D eigenvalue weighted by atomic mass is 10.2. The zero-order valence-corrected chi connectivity index (χ0v) is 9.32. The molecule has 74 valence electrons. The Labute approximate surface area is 88.0 Å². The van der Waals surface area contributed by atoms with Gasteiger partial charge in [0.1, 0.15) is 5.82 Å². The van der Waals surface area contributed by atoms with Crippen molar-refractivity contribution in [3.63, 3.8) is 0 Å². The number of thiophene rings is 1. The quantitative estimate of drug-likeness (QED) is 0.833. The molecule has 2 nitrogen and oxygen atoms in total. The summed E-state index contributed by atoms with van der Waals surface area (Å²) in [6.45, 7) is 5.19. The summed E-state index contributed by atoms with van der Waals surface area (Å²) < 4.78 is 1.28. The van der Waals surface area contributed by atoms with Crippen LogP contribution >= 0.6 is 11.3 Å². The highest BCUT2D eigenvalue weighted by atomic mass is 32.1. The van der Waals surface area contributed by atoms with Gasteiger partial charge in [0.05, 0.1) is 10.2 Å². The van der Waals surface area contributed by atoms with Gasteiger partial charge in [-0.3, -0.25) is 0 Å². The molecule has 0 aliphatic heterocycles. The molecule has 0 unspecified atom stereocenters. The number of nitrogens with one attached hydrogen (secondary N) is 1. The number of anilines is 1. The molecule has 3 heteroatoms. The normalized spacial score (nSPS) is 10.7. The minimum Gasteiger partial charge on any atom is -0.370 e. The lowest BCUT2D eigenvalue weighted by molar-refractivity contribution is 1.09. The Morgan fingerprint density at radius 3 is 3.00 bits per heavy atom. The summed E-state index contributed by atoms with van der Waals surface area (Å²) in [5, 5.41) is 5.39. The molecule has 0 bridgehead atoms. The van der Waals surface area contributed by atoms with Gasteiger partial charge in [-0.25, -0.2) is 4.98 Å². The molecule has 0 atom stereocenters. The van der Waals surface area contributed by atoms with Crippen molar-refractivity contribution in [1.82, 2.24) is 4.98 Å². The third-order valence-electron chi connectivity index (χ3n) is 2.24. The average molecular weight is 206 g/mol. The van der Waals surface area contributed by atoms with Crippen LogP contribution in [0.15, 0.2) is 17.5 Å². The molecular formula is C11H14N2S. The summed E-state index contributed by atoms with van der Waals surface area (Å²) in [6, 6.07) is 4.31. The van der Waals surface area contributed by atoms with Crippen LogP contribution in [0.4, 0.5) is 5.82 Å². The van der Waals surface area contributed by atoms with Crippen LogP contribution in [-0.2, 0) is 6.42 Å². The van der Waals surface area contributed by atoms with E-state index in [9.17, 15) is 0 Å². The van der Waals surface area contributed by atoms with Crippen molar-refractivity contribution in [3.05, 3.63) is 23.1 Å². The Kier molecular flexibility index (Phi) is 2.68. The molecule has 2 aromatic heterocycles. The SMILES string of the molecule is CCNc1nc2ccsc2cc1CC. The van der Waals surface area contributed by atoms with E-state index < -0.39 is 0 Å². The third-order valence-corrected chi connectivity index (χ3v) is 3.09. The lowest BCUT2D eigenvalue weighted by Crippen LogP contribution is -2.02. The van der Waals surface area contributed by atoms with Crippen LogP contribution < -0.4 is 5.32 Å². The average Bonchev–Trinajstić information content (AvgIpc) is 2.64. The second-order valence-electron chi connectivity index (χ2n) is 3.18. The first-order valence-corrected chi connectivity index (χ1v) is 5.84.